The number of hydrogen-bond donors (Lipinski definition) is 1. The average molecular weight is 339 g/mol. The van der Waals surface area contributed by atoms with Crippen molar-refractivity contribution in [2.75, 3.05) is 6.61 Å². The normalized spacial score (nSPS) is 12.7. The van der Waals surface area contributed by atoms with Crippen molar-refractivity contribution in [2.45, 2.75) is 19.9 Å². The van der Waals surface area contributed by atoms with Crippen molar-refractivity contribution in [3.8, 4) is 0 Å². The van der Waals surface area contributed by atoms with Gasteiger partial charge in [0.15, 0.2) is 5.78 Å². The molecule has 130 valence electrons. The zero-order chi connectivity index (χ0) is 18.2. The van der Waals surface area contributed by atoms with Gasteiger partial charge < -0.3 is 10.1 Å². The van der Waals surface area contributed by atoms with Crippen molar-refractivity contribution in [1.29, 1.82) is 0 Å². The number of carbonyl (C=O) groups is 3. The Bertz CT molecular complexity index is 728. The summed E-state index contributed by atoms with van der Waals surface area (Å²) in [5.41, 5.74) is 1.06. The number of carbonyl (C=O) groups excluding carboxylic acids is 3. The number of Topliss-reactive ketones (excluding diaryl/α,β-unsaturated/α-hetero) is 1. The molecule has 0 spiro atoms. The smallest absolute Gasteiger partial charge is 0.319 e. The summed E-state index contributed by atoms with van der Waals surface area (Å²) in [6.07, 6.45) is 0. The van der Waals surface area contributed by atoms with E-state index in [1.54, 1.807) is 61.5 Å². The molecular weight excluding hydrogens is 318 g/mol. The Morgan fingerprint density at radius 1 is 0.960 bits per heavy atom. The predicted molar refractivity (Wildman–Crippen MR) is 93.9 cm³/mol. The molecule has 0 aromatic heterocycles. The largest absolute Gasteiger partial charge is 0.465 e. The summed E-state index contributed by atoms with van der Waals surface area (Å²) in [4.78, 5) is 37.3. The Kier molecular flexibility index (Phi) is 6.46. The number of esters is 1. The summed E-state index contributed by atoms with van der Waals surface area (Å²) in [5, 5.41) is 2.73. The van der Waals surface area contributed by atoms with E-state index in [1.165, 1.54) is 6.92 Å². The van der Waals surface area contributed by atoms with Crippen LogP contribution in [-0.4, -0.2) is 24.3 Å². The molecule has 0 bridgehead atoms. The minimum absolute atomic E-state index is 0.152. The molecule has 0 saturated heterocycles. The third-order valence-electron chi connectivity index (χ3n) is 3.73. The lowest BCUT2D eigenvalue weighted by Gasteiger charge is -2.26. The van der Waals surface area contributed by atoms with Crippen LogP contribution in [0.15, 0.2) is 60.7 Å². The fourth-order valence-corrected chi connectivity index (χ4v) is 2.65. The molecule has 2 aromatic carbocycles. The number of hydrogen-bond acceptors (Lipinski definition) is 4. The van der Waals surface area contributed by atoms with Gasteiger partial charge in [-0.1, -0.05) is 60.7 Å². The van der Waals surface area contributed by atoms with Crippen LogP contribution in [-0.2, 0) is 14.3 Å². The maximum atomic E-state index is 13.0. The van der Waals surface area contributed by atoms with Crippen LogP contribution in [0.2, 0.25) is 0 Å². The topological polar surface area (TPSA) is 72.5 Å². The van der Waals surface area contributed by atoms with Crippen LogP contribution in [0.25, 0.3) is 0 Å². The first-order valence-corrected chi connectivity index (χ1v) is 8.12. The van der Waals surface area contributed by atoms with Gasteiger partial charge in [0.25, 0.3) is 0 Å². The second kappa shape index (κ2) is 8.78. The minimum Gasteiger partial charge on any atom is -0.465 e. The SMILES string of the molecule is CCOC(=O)[C@@H](C(=O)c1ccccc1)[C@H](NC(C)=O)c1ccccc1. The van der Waals surface area contributed by atoms with E-state index < -0.39 is 17.9 Å². The summed E-state index contributed by atoms with van der Waals surface area (Å²) in [5.74, 6) is -2.53. The predicted octanol–water partition coefficient (Wildman–Crippen LogP) is 2.93. The Hall–Kier alpha value is -2.95. The van der Waals surface area contributed by atoms with E-state index in [0.29, 0.717) is 11.1 Å². The second-order valence-corrected chi connectivity index (χ2v) is 5.55. The molecule has 2 aromatic rings. The Balaban J connectivity index is 2.48. The third kappa shape index (κ3) is 4.76. The van der Waals surface area contributed by atoms with Crippen LogP contribution >= 0.6 is 0 Å². The van der Waals surface area contributed by atoms with Crippen molar-refractivity contribution in [3.05, 3.63) is 71.8 Å². The van der Waals surface area contributed by atoms with Crippen molar-refractivity contribution in [3.63, 3.8) is 0 Å². The van der Waals surface area contributed by atoms with E-state index in [-0.39, 0.29) is 18.3 Å². The molecular formula is C20H21NO4. The molecule has 0 aliphatic heterocycles. The summed E-state index contributed by atoms with van der Waals surface area (Å²) in [7, 11) is 0. The van der Waals surface area contributed by atoms with Crippen molar-refractivity contribution < 1.29 is 19.1 Å². The molecule has 0 aliphatic rings. The molecule has 0 unspecified atom stereocenters. The molecule has 0 heterocycles. The molecule has 5 heteroatoms. The molecule has 2 atom stereocenters. The summed E-state index contributed by atoms with van der Waals surface area (Å²) in [6, 6.07) is 16.7. The van der Waals surface area contributed by atoms with Crippen LogP contribution < -0.4 is 5.32 Å². The van der Waals surface area contributed by atoms with Gasteiger partial charge in [-0.2, -0.15) is 0 Å². The van der Waals surface area contributed by atoms with Crippen LogP contribution in [0.1, 0.15) is 35.8 Å². The molecule has 1 amide bonds. The molecule has 0 radical (unpaired) electrons. The van der Waals surface area contributed by atoms with Gasteiger partial charge in [0.1, 0.15) is 5.92 Å². The van der Waals surface area contributed by atoms with Gasteiger partial charge in [0.05, 0.1) is 12.6 Å². The van der Waals surface area contributed by atoms with Gasteiger partial charge in [0, 0.05) is 12.5 Å². The molecule has 2 rings (SSSR count). The number of rotatable bonds is 7. The van der Waals surface area contributed by atoms with Crippen LogP contribution in [0.4, 0.5) is 0 Å². The standard InChI is InChI=1S/C20H21NO4/c1-3-25-20(24)17(19(23)16-12-8-5-9-13-16)18(21-14(2)22)15-10-6-4-7-11-15/h4-13,17-18H,3H2,1-2H3,(H,21,22)/t17-,18-/m1/s1. The Morgan fingerprint density at radius 3 is 2.04 bits per heavy atom. The first-order valence-electron chi connectivity index (χ1n) is 8.12. The maximum Gasteiger partial charge on any atom is 0.319 e. The van der Waals surface area contributed by atoms with E-state index in [0.717, 1.165) is 0 Å². The average Bonchev–Trinajstić information content (AvgIpc) is 2.62. The monoisotopic (exact) mass is 339 g/mol. The summed E-state index contributed by atoms with van der Waals surface area (Å²) < 4.78 is 5.12. The minimum atomic E-state index is -1.16. The van der Waals surface area contributed by atoms with Crippen molar-refractivity contribution in [2.24, 2.45) is 5.92 Å². The number of nitrogens with one attached hydrogen (secondary N) is 1. The third-order valence-corrected chi connectivity index (χ3v) is 3.73. The lowest BCUT2D eigenvalue weighted by molar-refractivity contribution is -0.147. The summed E-state index contributed by atoms with van der Waals surface area (Å²) in [6.45, 7) is 3.18. The molecule has 5 nitrogen and oxygen atoms in total. The Morgan fingerprint density at radius 2 is 1.52 bits per heavy atom. The number of ether oxygens (including phenoxy) is 1. The first-order chi connectivity index (χ1) is 12.0. The fraction of sp³-hybridized carbons (Fsp3) is 0.250. The zero-order valence-corrected chi connectivity index (χ0v) is 14.3. The van der Waals surface area contributed by atoms with Gasteiger partial charge in [-0.25, -0.2) is 0 Å². The molecule has 1 N–H and O–H groups in total. The number of benzene rings is 2. The highest BCUT2D eigenvalue weighted by Gasteiger charge is 2.38. The lowest BCUT2D eigenvalue weighted by atomic mass is 9.86. The lowest BCUT2D eigenvalue weighted by Crippen LogP contribution is -2.40. The van der Waals surface area contributed by atoms with Crippen LogP contribution in [0, 0.1) is 5.92 Å². The molecule has 0 fully saturated rings. The fourth-order valence-electron chi connectivity index (χ4n) is 2.65. The molecule has 25 heavy (non-hydrogen) atoms. The van der Waals surface area contributed by atoms with Gasteiger partial charge in [-0.3, -0.25) is 14.4 Å². The second-order valence-electron chi connectivity index (χ2n) is 5.55. The van der Waals surface area contributed by atoms with Crippen molar-refractivity contribution >= 4 is 17.7 Å². The Labute approximate surface area is 147 Å². The van der Waals surface area contributed by atoms with Crippen LogP contribution in [0.3, 0.4) is 0 Å². The van der Waals surface area contributed by atoms with E-state index >= 15 is 0 Å². The number of amides is 1. The van der Waals surface area contributed by atoms with Gasteiger partial charge in [-0.05, 0) is 12.5 Å². The first kappa shape index (κ1) is 18.4. The van der Waals surface area contributed by atoms with E-state index in [1.807, 2.05) is 6.07 Å². The highest BCUT2D eigenvalue weighted by molar-refractivity contribution is 6.09. The van der Waals surface area contributed by atoms with E-state index in [2.05, 4.69) is 5.32 Å². The highest BCUT2D eigenvalue weighted by Crippen LogP contribution is 2.27. The van der Waals surface area contributed by atoms with E-state index in [4.69, 9.17) is 4.74 Å². The molecule has 0 saturated carbocycles. The summed E-state index contributed by atoms with van der Waals surface area (Å²) >= 11 is 0. The van der Waals surface area contributed by atoms with E-state index in [9.17, 15) is 14.4 Å². The van der Waals surface area contributed by atoms with Crippen molar-refractivity contribution in [1.82, 2.24) is 5.32 Å². The number of ketones is 1. The van der Waals surface area contributed by atoms with Gasteiger partial charge in [0.2, 0.25) is 5.91 Å². The van der Waals surface area contributed by atoms with Crippen LogP contribution in [0.5, 0.6) is 0 Å². The van der Waals surface area contributed by atoms with Gasteiger partial charge >= 0.3 is 5.97 Å². The molecule has 0 aliphatic carbocycles. The zero-order valence-electron chi connectivity index (χ0n) is 14.3. The maximum absolute atomic E-state index is 13.0. The highest BCUT2D eigenvalue weighted by atomic mass is 16.5. The quantitative estimate of drug-likeness (QED) is 0.478. The van der Waals surface area contributed by atoms with Gasteiger partial charge in [-0.15, -0.1) is 0 Å².